The minimum atomic E-state index is 0.491. The molecule has 0 N–H and O–H groups in total. The van der Waals surface area contributed by atoms with Crippen molar-refractivity contribution in [1.29, 1.82) is 0 Å². The Bertz CT molecular complexity index is 9760. The molecule has 0 saturated heterocycles. The van der Waals surface area contributed by atoms with Crippen molar-refractivity contribution in [1.82, 2.24) is 68.2 Å². The van der Waals surface area contributed by atoms with Crippen LogP contribution in [-0.2, 0) is 0 Å². The Morgan fingerprint density at radius 2 is 0.438 bits per heavy atom. The smallest absolute Gasteiger partial charge is 0.248 e. The summed E-state index contributed by atoms with van der Waals surface area (Å²) in [5.41, 5.74) is 26.7. The van der Waals surface area contributed by atoms with Crippen LogP contribution in [0.15, 0.2) is 496 Å². The molecule has 12 heterocycles. The number of fused-ring (bicyclic) bond motifs is 20. The molecule has 19 nitrogen and oxygen atoms in total. The minimum Gasteiger partial charge on any atom is -0.464 e. The summed E-state index contributed by atoms with van der Waals surface area (Å²) in [6.07, 6.45) is 7.03. The Hall–Kier alpha value is -19.7. The Balaban J connectivity index is 0.0000000959. The second-order valence-corrected chi connectivity index (χ2v) is 36.1. The SMILES string of the molecule is c1ccc(-c2nnc(-c3cccc(-n4c5ccccc5c5c6occc6ccc54)c3)n2-c2ccccc2)cc1.c1ccc(-c2nnc(-c3cccc(-n4c5ccccc5c5c6occc6ccc54)c3)o2)cc1.c1ccc(-c2nnc(-c3cccc(-n4c5ccccc5c5c6occc6ccc54)c3)s2)cc1.c1ccc(-c2nnc(-c3ccccc3)n2-c2cccc(-n3c4ccccc4c4c5occc5ccc43)c2)cc1. The van der Waals surface area contributed by atoms with Crippen LogP contribution in [0.5, 0.6) is 0 Å². The van der Waals surface area contributed by atoms with Crippen LogP contribution < -0.4 is 0 Å². The van der Waals surface area contributed by atoms with Gasteiger partial charge in [0, 0.05) is 116 Å². The van der Waals surface area contributed by atoms with Crippen molar-refractivity contribution in [3.05, 3.63) is 474 Å². The Kier molecular flexibility index (Phi) is 20.6. The number of nitrogens with zero attached hydrogens (tertiary/aromatic N) is 14. The Morgan fingerprint density at radius 1 is 0.174 bits per heavy atom. The number of furan rings is 4. The standard InChI is InChI=1S/2C34H22N4O.C28H17N3O2.C28H17N3OS/c1-3-10-24(11-4-1)33-35-36-34(38(33)26-13-5-2-6-14-26)25-12-9-15-27(22-25)37-29-17-8-7-16-28(29)31-30(37)19-18-23-20-21-39-32(23)31;1-3-10-24(11-4-1)33-35-36-34(25-12-5-2-6-13-25)38(33)27-15-9-14-26(22-27)37-29-17-8-7-16-28(29)31-30(37)19-18-23-20-21-39-32(23)31;2*1-2-7-19(8-3-1)27-29-30-28(33-27)20-9-6-10-21(17-20)31-23-12-5-4-11-22(23)25-24(31)14-13-18-15-16-32-26(18)25/h2*1-22H;2*1-17H. The lowest BCUT2D eigenvalue weighted by molar-refractivity contribution is 0.584. The van der Waals surface area contributed by atoms with Crippen molar-refractivity contribution in [3.8, 4) is 124 Å². The fourth-order valence-electron chi connectivity index (χ4n) is 20.4. The molecule has 144 heavy (non-hydrogen) atoms. The van der Waals surface area contributed by atoms with E-state index in [9.17, 15) is 0 Å². The van der Waals surface area contributed by atoms with E-state index in [0.29, 0.717) is 11.8 Å². The lowest BCUT2D eigenvalue weighted by atomic mass is 10.1. The second-order valence-electron chi connectivity index (χ2n) is 35.1. The van der Waals surface area contributed by atoms with E-state index in [1.807, 2.05) is 158 Å². The van der Waals surface area contributed by atoms with Crippen LogP contribution in [0.3, 0.4) is 0 Å². The minimum absolute atomic E-state index is 0.491. The highest BCUT2D eigenvalue weighted by Crippen LogP contribution is 2.46. The second kappa shape index (κ2) is 35.4. The maximum atomic E-state index is 6.00. The van der Waals surface area contributed by atoms with Gasteiger partial charge in [-0.2, -0.15) is 0 Å². The molecule has 0 aliphatic rings. The molecule has 0 radical (unpaired) electrons. The van der Waals surface area contributed by atoms with Crippen LogP contribution in [-0.4, -0.2) is 68.2 Å². The van der Waals surface area contributed by atoms with Crippen molar-refractivity contribution in [2.24, 2.45) is 0 Å². The van der Waals surface area contributed by atoms with E-state index in [2.05, 4.69) is 354 Å². The van der Waals surface area contributed by atoms with Crippen LogP contribution in [0.1, 0.15) is 0 Å². The third kappa shape index (κ3) is 14.5. The maximum Gasteiger partial charge on any atom is 0.248 e. The Morgan fingerprint density at radius 3 is 0.826 bits per heavy atom. The highest BCUT2D eigenvalue weighted by molar-refractivity contribution is 7.17. The van der Waals surface area contributed by atoms with Crippen LogP contribution in [0.4, 0.5) is 0 Å². The van der Waals surface area contributed by atoms with Crippen LogP contribution in [0, 0.1) is 0 Å². The van der Waals surface area contributed by atoms with Crippen LogP contribution >= 0.6 is 11.3 Å². The summed E-state index contributed by atoms with van der Waals surface area (Å²) in [5.74, 6) is 4.19. The molecule has 18 aromatic carbocycles. The first-order chi connectivity index (χ1) is 71.5. The Labute approximate surface area is 824 Å². The summed E-state index contributed by atoms with van der Waals surface area (Å²) in [5, 5.41) is 51.5. The van der Waals surface area contributed by atoms with Gasteiger partial charge in [-0.1, -0.05) is 278 Å². The van der Waals surface area contributed by atoms with E-state index < -0.39 is 0 Å². The van der Waals surface area contributed by atoms with Crippen molar-refractivity contribution < 1.29 is 22.1 Å². The van der Waals surface area contributed by atoms with Crippen LogP contribution in [0.25, 0.3) is 255 Å². The number of hydrogen-bond donors (Lipinski definition) is 0. The van der Waals surface area contributed by atoms with E-state index in [1.165, 1.54) is 5.39 Å². The number of rotatable bonds is 14. The fourth-order valence-corrected chi connectivity index (χ4v) is 21.2. The molecule has 0 spiro atoms. The van der Waals surface area contributed by atoms with Gasteiger partial charge >= 0.3 is 0 Å². The van der Waals surface area contributed by atoms with E-state index in [1.54, 1.807) is 36.4 Å². The number of benzene rings is 18. The fraction of sp³-hybridized carbons (Fsp3) is 0. The van der Waals surface area contributed by atoms with E-state index >= 15 is 0 Å². The van der Waals surface area contributed by atoms with Crippen molar-refractivity contribution >= 4 is 142 Å². The lowest BCUT2D eigenvalue weighted by Crippen LogP contribution is -2.02. The first-order valence-corrected chi connectivity index (χ1v) is 48.2. The van der Waals surface area contributed by atoms with Gasteiger partial charge in [0.15, 0.2) is 23.3 Å². The summed E-state index contributed by atoms with van der Waals surface area (Å²) in [4.78, 5) is 0. The lowest BCUT2D eigenvalue weighted by Gasteiger charge is -2.14. The first kappa shape index (κ1) is 83.7. The number of hydrogen-bond acceptors (Lipinski definition) is 14. The quantitative estimate of drug-likeness (QED) is 0.0997. The molecular weight excluding hydrogens is 1800 g/mol. The molecule has 0 saturated carbocycles. The summed E-state index contributed by atoms with van der Waals surface area (Å²) in [6.45, 7) is 0. The maximum absolute atomic E-state index is 6.00. The van der Waals surface area contributed by atoms with E-state index in [-0.39, 0.29) is 0 Å². The largest absolute Gasteiger partial charge is 0.464 e. The number of para-hydroxylation sites is 5. The van der Waals surface area contributed by atoms with Gasteiger partial charge in [0.25, 0.3) is 0 Å². The predicted molar refractivity (Wildman–Crippen MR) is 577 cm³/mol. The molecule has 0 atom stereocenters. The third-order valence-corrected chi connectivity index (χ3v) is 27.8. The summed E-state index contributed by atoms with van der Waals surface area (Å²) in [7, 11) is 0. The van der Waals surface area contributed by atoms with Gasteiger partial charge in [0.2, 0.25) is 11.8 Å². The molecule has 12 aromatic heterocycles. The molecule has 0 aliphatic heterocycles. The predicted octanol–water partition coefficient (Wildman–Crippen LogP) is 31.9. The van der Waals surface area contributed by atoms with Crippen molar-refractivity contribution in [2.45, 2.75) is 0 Å². The number of aromatic nitrogens is 14. The molecule has 0 fully saturated rings. The monoisotopic (exact) mass is 1870 g/mol. The van der Waals surface area contributed by atoms with Gasteiger partial charge in [0.05, 0.1) is 96.4 Å². The zero-order valence-electron chi connectivity index (χ0n) is 76.7. The molecule has 30 rings (SSSR count). The van der Waals surface area contributed by atoms with Crippen molar-refractivity contribution in [3.63, 3.8) is 0 Å². The zero-order valence-corrected chi connectivity index (χ0v) is 77.6. The molecule has 0 bridgehead atoms. The molecule has 680 valence electrons. The zero-order chi connectivity index (χ0) is 95.1. The average molecular weight is 1880 g/mol. The highest BCUT2D eigenvalue weighted by Gasteiger charge is 2.27. The summed E-state index contributed by atoms with van der Waals surface area (Å²) >= 11 is 1.61. The van der Waals surface area contributed by atoms with Crippen LogP contribution in [0.2, 0.25) is 0 Å². The molecule has 0 unspecified atom stereocenters. The van der Waals surface area contributed by atoms with Gasteiger partial charge in [-0.15, -0.1) is 40.8 Å². The normalized spacial score (nSPS) is 11.6. The third-order valence-electron chi connectivity index (χ3n) is 26.8. The molecule has 30 aromatic rings. The summed E-state index contributed by atoms with van der Waals surface area (Å²) in [6, 6.07) is 154. The summed E-state index contributed by atoms with van der Waals surface area (Å²) < 4.78 is 43.1. The van der Waals surface area contributed by atoms with Gasteiger partial charge in [-0.3, -0.25) is 9.13 Å². The van der Waals surface area contributed by atoms with Gasteiger partial charge in [-0.25, -0.2) is 0 Å². The average Bonchev–Trinajstić information content (AvgIpc) is 1.58. The van der Waals surface area contributed by atoms with Gasteiger partial charge in [-0.05, 0) is 182 Å². The molecular formula is C124H78N14O5S. The van der Waals surface area contributed by atoms with Crippen molar-refractivity contribution in [2.75, 3.05) is 0 Å². The molecule has 0 aliphatic carbocycles. The highest BCUT2D eigenvalue weighted by atomic mass is 32.1. The molecule has 20 heteroatoms. The topological polar surface area (TPSA) is 198 Å². The molecule has 0 amide bonds. The van der Waals surface area contributed by atoms with E-state index in [4.69, 9.17) is 27.2 Å². The van der Waals surface area contributed by atoms with Gasteiger partial charge < -0.3 is 40.4 Å². The van der Waals surface area contributed by atoms with Gasteiger partial charge in [0.1, 0.15) is 32.3 Å². The first-order valence-electron chi connectivity index (χ1n) is 47.4. The van der Waals surface area contributed by atoms with E-state index in [0.717, 1.165) is 238 Å².